The Labute approximate surface area is 138 Å². The Morgan fingerprint density at radius 1 is 1.17 bits per heavy atom. The number of hydrogen-bond donors (Lipinski definition) is 0. The van der Waals surface area contributed by atoms with Crippen molar-refractivity contribution in [1.29, 1.82) is 0 Å². The van der Waals surface area contributed by atoms with Gasteiger partial charge in [0, 0.05) is 12.6 Å². The highest BCUT2D eigenvalue weighted by molar-refractivity contribution is 5.60. The number of aromatic nitrogens is 4. The zero-order chi connectivity index (χ0) is 17.1. The fraction of sp³-hybridized carbons (Fsp3) is 0.176. The lowest BCUT2D eigenvalue weighted by Crippen LogP contribution is -2.23. The maximum absolute atomic E-state index is 12.1. The third-order valence-electron chi connectivity index (χ3n) is 3.66. The van der Waals surface area contributed by atoms with Crippen LogP contribution in [-0.4, -0.2) is 19.8 Å². The van der Waals surface area contributed by atoms with Gasteiger partial charge in [-0.25, -0.2) is 9.64 Å². The molecule has 2 aromatic carbocycles. The smallest absolute Gasteiger partial charge is 0.368 e. The monoisotopic (exact) mass is 321 g/mol. The molecule has 0 saturated heterocycles. The van der Waals surface area contributed by atoms with E-state index in [9.17, 15) is 4.79 Å². The van der Waals surface area contributed by atoms with Gasteiger partial charge < -0.3 is 4.74 Å². The molecule has 24 heavy (non-hydrogen) atoms. The number of hydrogen-bond acceptors (Lipinski definition) is 4. The van der Waals surface area contributed by atoms with Crippen LogP contribution in [0.25, 0.3) is 10.5 Å². The molecule has 3 rings (SSSR count). The van der Waals surface area contributed by atoms with Crippen LogP contribution in [0.3, 0.4) is 0 Å². The van der Waals surface area contributed by atoms with E-state index in [0.717, 1.165) is 16.0 Å². The summed E-state index contributed by atoms with van der Waals surface area (Å²) in [6.45, 7) is 9.47. The van der Waals surface area contributed by atoms with Crippen molar-refractivity contribution in [3.05, 3.63) is 75.5 Å². The summed E-state index contributed by atoms with van der Waals surface area (Å²) in [5.41, 5.74) is 2.12. The number of aryl methyl sites for hydroxylation is 2. The number of rotatable bonds is 4. The lowest BCUT2D eigenvalue weighted by atomic mass is 10.1. The predicted octanol–water partition coefficient (Wildman–Crippen LogP) is 2.40. The Balaban J connectivity index is 2.03. The Bertz CT molecular complexity index is 981. The summed E-state index contributed by atoms with van der Waals surface area (Å²) in [5.74, 6) is 0.731. The van der Waals surface area contributed by atoms with Gasteiger partial charge in [0.15, 0.2) is 5.69 Å². The quantitative estimate of drug-likeness (QED) is 0.692. The number of tetrazole rings is 1. The SMILES string of the molecule is [C-]#[N+]c1cccc(-n2nnn(C)c2=O)c1COc1ccccc1C. The van der Waals surface area contributed by atoms with Gasteiger partial charge in [0.05, 0.1) is 12.3 Å². The largest absolute Gasteiger partial charge is 0.490 e. The van der Waals surface area contributed by atoms with Crippen molar-refractivity contribution in [2.45, 2.75) is 13.5 Å². The van der Waals surface area contributed by atoms with Crippen LogP contribution in [0, 0.1) is 13.5 Å². The minimum atomic E-state index is -0.380. The van der Waals surface area contributed by atoms with Crippen molar-refractivity contribution in [3.63, 3.8) is 0 Å². The van der Waals surface area contributed by atoms with Gasteiger partial charge >= 0.3 is 5.69 Å². The third kappa shape index (κ3) is 2.77. The highest BCUT2D eigenvalue weighted by Crippen LogP contribution is 2.27. The van der Waals surface area contributed by atoms with E-state index in [1.165, 1.54) is 11.7 Å². The van der Waals surface area contributed by atoms with Gasteiger partial charge in [-0.15, -0.1) is 0 Å². The number of ether oxygens (including phenoxy) is 1. The molecule has 0 bridgehead atoms. The molecule has 3 aromatic rings. The molecular weight excluding hydrogens is 306 g/mol. The van der Waals surface area contributed by atoms with Crippen LogP contribution >= 0.6 is 0 Å². The highest BCUT2D eigenvalue weighted by atomic mass is 16.5. The van der Waals surface area contributed by atoms with E-state index in [2.05, 4.69) is 15.3 Å². The molecule has 0 N–H and O–H groups in total. The topological polar surface area (TPSA) is 66.3 Å². The summed E-state index contributed by atoms with van der Waals surface area (Å²) in [4.78, 5) is 15.7. The number of benzene rings is 2. The molecule has 7 nitrogen and oxygen atoms in total. The van der Waals surface area contributed by atoms with E-state index in [1.807, 2.05) is 31.2 Å². The fourth-order valence-electron chi connectivity index (χ4n) is 2.35. The van der Waals surface area contributed by atoms with Crippen LogP contribution in [0.1, 0.15) is 11.1 Å². The number of nitrogens with zero attached hydrogens (tertiary/aromatic N) is 5. The second-order valence-electron chi connectivity index (χ2n) is 5.24. The fourth-order valence-corrected chi connectivity index (χ4v) is 2.35. The molecular formula is C17H15N5O2. The Morgan fingerprint density at radius 3 is 2.62 bits per heavy atom. The van der Waals surface area contributed by atoms with Crippen LogP contribution in [0.2, 0.25) is 0 Å². The van der Waals surface area contributed by atoms with Gasteiger partial charge in [-0.3, -0.25) is 0 Å². The van der Waals surface area contributed by atoms with E-state index >= 15 is 0 Å². The molecule has 0 atom stereocenters. The zero-order valence-corrected chi connectivity index (χ0v) is 13.3. The van der Waals surface area contributed by atoms with E-state index < -0.39 is 0 Å². The van der Waals surface area contributed by atoms with Gasteiger partial charge in [-0.1, -0.05) is 30.3 Å². The normalized spacial score (nSPS) is 10.4. The second kappa shape index (κ2) is 6.38. The van der Waals surface area contributed by atoms with Crippen LogP contribution < -0.4 is 10.4 Å². The average molecular weight is 321 g/mol. The summed E-state index contributed by atoms with van der Waals surface area (Å²) in [5, 5.41) is 7.57. The maximum Gasteiger partial charge on any atom is 0.368 e. The predicted molar refractivity (Wildman–Crippen MR) is 88.4 cm³/mol. The molecule has 0 fully saturated rings. The first-order chi connectivity index (χ1) is 11.6. The molecule has 120 valence electrons. The summed E-state index contributed by atoms with van der Waals surface area (Å²) < 4.78 is 8.17. The molecule has 1 heterocycles. The van der Waals surface area contributed by atoms with Gasteiger partial charge in [0.2, 0.25) is 0 Å². The number of para-hydroxylation sites is 1. The van der Waals surface area contributed by atoms with Crippen LogP contribution in [-0.2, 0) is 13.7 Å². The van der Waals surface area contributed by atoms with E-state index in [-0.39, 0.29) is 12.3 Å². The Hall–Kier alpha value is -3.40. The van der Waals surface area contributed by atoms with Crippen LogP contribution in [0.5, 0.6) is 5.75 Å². The molecule has 7 heteroatoms. The molecule has 0 aliphatic carbocycles. The van der Waals surface area contributed by atoms with E-state index in [1.54, 1.807) is 18.2 Å². The molecule has 0 aliphatic heterocycles. The summed E-state index contributed by atoms with van der Waals surface area (Å²) in [6.07, 6.45) is 0. The first kappa shape index (κ1) is 15.5. The molecule has 0 aliphatic rings. The standard InChI is InChI=1S/C17H15N5O2/c1-12-7-4-5-10-16(12)24-11-13-14(18-2)8-6-9-15(13)22-17(23)21(3)19-20-22/h4-10H,11H2,1,3H3. The maximum atomic E-state index is 12.1. The van der Waals surface area contributed by atoms with Crippen LogP contribution in [0.4, 0.5) is 5.69 Å². The van der Waals surface area contributed by atoms with E-state index in [0.29, 0.717) is 16.9 Å². The van der Waals surface area contributed by atoms with Crippen molar-refractivity contribution in [3.8, 4) is 11.4 Å². The first-order valence-corrected chi connectivity index (χ1v) is 7.29. The Kier molecular flexibility index (Phi) is 4.12. The average Bonchev–Trinajstić information content (AvgIpc) is 2.93. The summed E-state index contributed by atoms with van der Waals surface area (Å²) in [6, 6.07) is 12.8. The van der Waals surface area contributed by atoms with Gasteiger partial charge in [0.25, 0.3) is 0 Å². The van der Waals surface area contributed by atoms with Gasteiger partial charge in [-0.05, 0) is 35.0 Å². The van der Waals surface area contributed by atoms with Crippen molar-refractivity contribution >= 4 is 5.69 Å². The van der Waals surface area contributed by atoms with Crippen molar-refractivity contribution in [2.24, 2.45) is 7.05 Å². The van der Waals surface area contributed by atoms with Crippen molar-refractivity contribution < 1.29 is 4.74 Å². The first-order valence-electron chi connectivity index (χ1n) is 7.29. The highest BCUT2D eigenvalue weighted by Gasteiger charge is 2.15. The molecule has 1 aromatic heterocycles. The van der Waals surface area contributed by atoms with Crippen LogP contribution in [0.15, 0.2) is 47.3 Å². The molecule has 0 saturated carbocycles. The zero-order valence-electron chi connectivity index (χ0n) is 13.3. The molecule has 0 amide bonds. The second-order valence-corrected chi connectivity index (χ2v) is 5.24. The van der Waals surface area contributed by atoms with Gasteiger partial charge in [-0.2, -0.15) is 9.36 Å². The molecule has 0 radical (unpaired) electrons. The molecule has 0 spiro atoms. The molecule has 0 unspecified atom stereocenters. The minimum Gasteiger partial charge on any atom is -0.490 e. The third-order valence-corrected chi connectivity index (χ3v) is 3.66. The minimum absolute atomic E-state index is 0.155. The van der Waals surface area contributed by atoms with Crippen molar-refractivity contribution in [1.82, 2.24) is 19.8 Å². The Morgan fingerprint density at radius 2 is 1.96 bits per heavy atom. The summed E-state index contributed by atoms with van der Waals surface area (Å²) >= 11 is 0. The summed E-state index contributed by atoms with van der Waals surface area (Å²) in [7, 11) is 1.52. The lowest BCUT2D eigenvalue weighted by molar-refractivity contribution is 0.304. The lowest BCUT2D eigenvalue weighted by Gasteiger charge is -2.13. The van der Waals surface area contributed by atoms with E-state index in [4.69, 9.17) is 11.3 Å². The van der Waals surface area contributed by atoms with Crippen molar-refractivity contribution in [2.75, 3.05) is 0 Å². The van der Waals surface area contributed by atoms with Gasteiger partial charge in [0.1, 0.15) is 12.4 Å².